The molecule has 2 N–H and O–H groups in total. The second-order valence-corrected chi connectivity index (χ2v) is 5.02. The van der Waals surface area contributed by atoms with Crippen LogP contribution in [0.15, 0.2) is 23.3 Å². The van der Waals surface area contributed by atoms with Crippen LogP contribution in [0.25, 0.3) is 0 Å². The van der Waals surface area contributed by atoms with E-state index in [9.17, 15) is 9.59 Å². The van der Waals surface area contributed by atoms with Gasteiger partial charge in [0.15, 0.2) is 0 Å². The number of anilines is 2. The zero-order valence-corrected chi connectivity index (χ0v) is 12.0. The molecule has 1 aromatic carbocycles. The van der Waals surface area contributed by atoms with Crippen molar-refractivity contribution in [3.8, 4) is 0 Å². The maximum absolute atomic E-state index is 12.0. The van der Waals surface area contributed by atoms with E-state index >= 15 is 0 Å². The average Bonchev–Trinajstić information content (AvgIpc) is 2.39. The van der Waals surface area contributed by atoms with E-state index in [4.69, 9.17) is 11.6 Å². The van der Waals surface area contributed by atoms with E-state index in [0.717, 1.165) is 5.69 Å². The minimum atomic E-state index is -0.335. The van der Waals surface area contributed by atoms with Crippen molar-refractivity contribution in [2.75, 3.05) is 24.3 Å². The van der Waals surface area contributed by atoms with E-state index in [-0.39, 0.29) is 18.2 Å². The smallest absolute Gasteiger partial charge is 0.271 e. The summed E-state index contributed by atoms with van der Waals surface area (Å²) in [5.74, 6) is -0.515. The van der Waals surface area contributed by atoms with Gasteiger partial charge in [0.2, 0.25) is 5.91 Å². The van der Waals surface area contributed by atoms with Crippen LogP contribution in [0, 0.1) is 0 Å². The van der Waals surface area contributed by atoms with Gasteiger partial charge in [0.1, 0.15) is 5.71 Å². The first-order valence-corrected chi connectivity index (χ1v) is 6.49. The second kappa shape index (κ2) is 5.92. The van der Waals surface area contributed by atoms with Crippen LogP contribution in [-0.2, 0) is 9.59 Å². The van der Waals surface area contributed by atoms with Crippen LogP contribution in [0.1, 0.15) is 12.8 Å². The van der Waals surface area contributed by atoms with Gasteiger partial charge in [0.25, 0.3) is 5.91 Å². The summed E-state index contributed by atoms with van der Waals surface area (Å²) < 4.78 is 0. The number of carbonyl (C=O) groups excluding carboxylic acids is 2. The molecule has 1 aromatic rings. The molecule has 2 rings (SSSR count). The highest BCUT2D eigenvalue weighted by molar-refractivity contribution is 6.43. The highest BCUT2D eigenvalue weighted by Gasteiger charge is 2.18. The Balaban J connectivity index is 2.08. The fourth-order valence-corrected chi connectivity index (χ4v) is 2.14. The average molecular weight is 295 g/mol. The van der Waals surface area contributed by atoms with Crippen molar-refractivity contribution in [1.82, 2.24) is 5.43 Å². The quantitative estimate of drug-likeness (QED) is 0.889. The Morgan fingerprint density at radius 3 is 2.70 bits per heavy atom. The molecule has 1 aliphatic rings. The third-order valence-electron chi connectivity index (χ3n) is 2.85. The Morgan fingerprint density at radius 2 is 2.15 bits per heavy atom. The van der Waals surface area contributed by atoms with Gasteiger partial charge >= 0.3 is 0 Å². The van der Waals surface area contributed by atoms with Gasteiger partial charge in [0, 0.05) is 32.6 Å². The number of nitrogens with one attached hydrogen (secondary N) is 2. The summed E-state index contributed by atoms with van der Waals surface area (Å²) in [6, 6.07) is 5.26. The van der Waals surface area contributed by atoms with Crippen LogP contribution in [-0.4, -0.2) is 31.6 Å². The highest BCUT2D eigenvalue weighted by atomic mass is 35.5. The molecule has 0 fully saturated rings. The SMILES string of the molecule is CN(C)c1ccc(NC(=O)C2=NNC(=O)CC2)cc1Cl. The van der Waals surface area contributed by atoms with Crippen molar-refractivity contribution in [3.05, 3.63) is 23.2 Å². The summed E-state index contributed by atoms with van der Waals surface area (Å²) >= 11 is 6.13. The number of rotatable bonds is 3. The molecule has 1 aliphatic heterocycles. The normalized spacial score (nSPS) is 14.3. The largest absolute Gasteiger partial charge is 0.376 e. The van der Waals surface area contributed by atoms with Crippen LogP contribution in [0.3, 0.4) is 0 Å². The topological polar surface area (TPSA) is 73.8 Å². The first-order valence-electron chi connectivity index (χ1n) is 6.11. The van der Waals surface area contributed by atoms with Gasteiger partial charge in [-0.3, -0.25) is 9.59 Å². The molecule has 0 saturated carbocycles. The molecule has 0 aliphatic carbocycles. The molecule has 6 nitrogen and oxygen atoms in total. The minimum Gasteiger partial charge on any atom is -0.376 e. The van der Waals surface area contributed by atoms with E-state index in [0.29, 0.717) is 22.8 Å². The van der Waals surface area contributed by atoms with Crippen molar-refractivity contribution < 1.29 is 9.59 Å². The van der Waals surface area contributed by atoms with Gasteiger partial charge in [-0.2, -0.15) is 5.10 Å². The van der Waals surface area contributed by atoms with Crippen molar-refractivity contribution in [2.45, 2.75) is 12.8 Å². The summed E-state index contributed by atoms with van der Waals surface area (Å²) in [6.45, 7) is 0. The second-order valence-electron chi connectivity index (χ2n) is 4.61. The summed E-state index contributed by atoms with van der Waals surface area (Å²) in [7, 11) is 3.78. The maximum atomic E-state index is 12.0. The Labute approximate surface area is 121 Å². The summed E-state index contributed by atoms with van der Waals surface area (Å²) in [4.78, 5) is 24.8. The lowest BCUT2D eigenvalue weighted by Gasteiger charge is -2.16. The maximum Gasteiger partial charge on any atom is 0.271 e. The van der Waals surface area contributed by atoms with Gasteiger partial charge in [0.05, 0.1) is 10.7 Å². The number of amides is 2. The number of nitrogens with zero attached hydrogens (tertiary/aromatic N) is 2. The fourth-order valence-electron chi connectivity index (χ4n) is 1.79. The zero-order valence-electron chi connectivity index (χ0n) is 11.2. The Kier molecular flexibility index (Phi) is 4.24. The van der Waals surface area contributed by atoms with Gasteiger partial charge in [-0.1, -0.05) is 11.6 Å². The van der Waals surface area contributed by atoms with Gasteiger partial charge in [-0.15, -0.1) is 0 Å². The van der Waals surface area contributed by atoms with Crippen molar-refractivity contribution in [1.29, 1.82) is 0 Å². The Morgan fingerprint density at radius 1 is 1.40 bits per heavy atom. The lowest BCUT2D eigenvalue weighted by molar-refractivity contribution is -0.121. The molecule has 0 radical (unpaired) electrons. The first kappa shape index (κ1) is 14.3. The Bertz CT molecular complexity index is 584. The number of hydrogen-bond acceptors (Lipinski definition) is 4. The molecule has 2 amide bonds. The third kappa shape index (κ3) is 3.27. The Hall–Kier alpha value is -2.08. The van der Waals surface area contributed by atoms with Crippen molar-refractivity contribution in [2.24, 2.45) is 5.10 Å². The predicted molar refractivity (Wildman–Crippen MR) is 79.2 cm³/mol. The molecule has 106 valence electrons. The molecule has 0 spiro atoms. The van der Waals surface area contributed by atoms with E-state index in [1.807, 2.05) is 25.1 Å². The predicted octanol–water partition coefficient (Wildman–Crippen LogP) is 1.61. The molecule has 0 unspecified atom stereocenters. The van der Waals surface area contributed by atoms with Crippen LogP contribution in [0.2, 0.25) is 5.02 Å². The van der Waals surface area contributed by atoms with Crippen LogP contribution >= 0.6 is 11.6 Å². The van der Waals surface area contributed by atoms with Gasteiger partial charge in [-0.25, -0.2) is 5.43 Å². The van der Waals surface area contributed by atoms with Crippen LogP contribution in [0.4, 0.5) is 11.4 Å². The van der Waals surface area contributed by atoms with Crippen LogP contribution in [0.5, 0.6) is 0 Å². The van der Waals surface area contributed by atoms with E-state index < -0.39 is 0 Å². The lowest BCUT2D eigenvalue weighted by Crippen LogP contribution is -2.32. The first-order chi connectivity index (χ1) is 9.47. The minimum absolute atomic E-state index is 0.181. The van der Waals surface area contributed by atoms with Gasteiger partial charge in [-0.05, 0) is 18.2 Å². The van der Waals surface area contributed by atoms with Crippen LogP contribution < -0.4 is 15.6 Å². The molecule has 0 saturated heterocycles. The monoisotopic (exact) mass is 294 g/mol. The van der Waals surface area contributed by atoms with Crippen molar-refractivity contribution >= 4 is 40.5 Å². The lowest BCUT2D eigenvalue weighted by atomic mass is 10.1. The van der Waals surface area contributed by atoms with Gasteiger partial charge < -0.3 is 10.2 Å². The molecule has 1 heterocycles. The number of halogens is 1. The summed E-state index contributed by atoms with van der Waals surface area (Å²) in [5, 5.41) is 7.00. The third-order valence-corrected chi connectivity index (χ3v) is 3.16. The number of hydrazone groups is 1. The standard InChI is InChI=1S/C13H15ClN4O2/c1-18(2)11-5-3-8(7-9(11)14)15-13(20)10-4-6-12(19)17-16-10/h3,5,7H,4,6H2,1-2H3,(H,15,20)(H,17,19). The number of carbonyl (C=O) groups is 2. The fraction of sp³-hybridized carbons (Fsp3) is 0.308. The molecule has 7 heteroatoms. The number of benzene rings is 1. The molecule has 20 heavy (non-hydrogen) atoms. The molecule has 0 bridgehead atoms. The summed E-state index contributed by atoms with van der Waals surface area (Å²) in [5.41, 5.74) is 4.05. The van der Waals surface area contributed by atoms with E-state index in [1.54, 1.807) is 12.1 Å². The summed E-state index contributed by atoms with van der Waals surface area (Å²) in [6.07, 6.45) is 0.605. The molecule has 0 atom stereocenters. The number of hydrogen-bond donors (Lipinski definition) is 2. The highest BCUT2D eigenvalue weighted by Crippen LogP contribution is 2.27. The molecule has 0 aromatic heterocycles. The van der Waals surface area contributed by atoms with E-state index in [1.165, 1.54) is 0 Å². The molecular formula is C13H15ClN4O2. The van der Waals surface area contributed by atoms with E-state index in [2.05, 4.69) is 15.8 Å². The zero-order chi connectivity index (χ0) is 14.7. The van der Waals surface area contributed by atoms with Crippen molar-refractivity contribution in [3.63, 3.8) is 0 Å². The molecular weight excluding hydrogens is 280 g/mol.